The van der Waals surface area contributed by atoms with Gasteiger partial charge in [-0.25, -0.2) is 4.98 Å². The number of carbonyl (C=O) groups excluding carboxylic acids is 1. The molecular weight excluding hydrogens is 659 g/mol. The minimum Gasteiger partial charge on any atom is -0.496 e. The SMILES string of the molecule is COc1cc(-c2nccc(-c3cccc(-c4ccc5c(CNC[C@H]6CCCO6)cn(C)c5n4)c3Cl)c2Cl)ccc1CNC[C@H]1CCC(=O)N1. The summed E-state index contributed by atoms with van der Waals surface area (Å²) in [4.78, 5) is 21.2. The van der Waals surface area contributed by atoms with Crippen LogP contribution in [0.25, 0.3) is 44.7 Å². The van der Waals surface area contributed by atoms with Crippen molar-refractivity contribution in [2.75, 3.05) is 26.8 Å². The summed E-state index contributed by atoms with van der Waals surface area (Å²) in [5.74, 6) is 0.842. The topological polar surface area (TPSA) is 102 Å². The fourth-order valence-electron chi connectivity index (χ4n) is 6.84. The third kappa shape index (κ3) is 7.18. The van der Waals surface area contributed by atoms with E-state index in [-0.39, 0.29) is 11.9 Å². The van der Waals surface area contributed by atoms with E-state index in [1.807, 2.05) is 55.6 Å². The van der Waals surface area contributed by atoms with Gasteiger partial charge in [-0.2, -0.15) is 0 Å². The van der Waals surface area contributed by atoms with Crippen LogP contribution in [0.4, 0.5) is 0 Å². The molecule has 7 rings (SSSR count). The molecule has 1 amide bonds. The summed E-state index contributed by atoms with van der Waals surface area (Å²) in [7, 11) is 3.68. The normalized spacial score (nSPS) is 17.6. The quantitative estimate of drug-likeness (QED) is 0.130. The van der Waals surface area contributed by atoms with Crippen molar-refractivity contribution in [1.82, 2.24) is 30.5 Å². The van der Waals surface area contributed by atoms with E-state index in [1.54, 1.807) is 13.3 Å². The Morgan fingerprint density at radius 1 is 0.980 bits per heavy atom. The number of nitrogens with one attached hydrogen (secondary N) is 3. The van der Waals surface area contributed by atoms with Gasteiger partial charge in [-0.3, -0.25) is 9.78 Å². The summed E-state index contributed by atoms with van der Waals surface area (Å²) in [5, 5.41) is 12.2. The van der Waals surface area contributed by atoms with Gasteiger partial charge in [0.25, 0.3) is 0 Å². The molecule has 254 valence electrons. The van der Waals surface area contributed by atoms with Gasteiger partial charge in [0.05, 0.1) is 34.6 Å². The summed E-state index contributed by atoms with van der Waals surface area (Å²) < 4.78 is 13.6. The summed E-state index contributed by atoms with van der Waals surface area (Å²) in [6.45, 7) is 3.77. The number of aromatic nitrogens is 3. The standard InChI is InChI=1S/C38H40Cl2N6O3/c1-46-22-25(19-42-21-27-5-4-16-49-27)28-11-12-32(45-38(28)46)31-7-3-6-29(35(31)39)30-14-15-43-37(36(30)40)23-8-9-24(33(17-23)48-2)18-41-20-26-10-13-34(47)44-26/h3,6-9,11-12,14-15,17,22,26-27,41-42H,4-5,10,13,16,18-21H2,1-2H3,(H,44,47)/t26-,27-/m1/s1. The van der Waals surface area contributed by atoms with Crippen LogP contribution in [-0.2, 0) is 29.7 Å². The molecule has 0 spiro atoms. The second-order valence-corrected chi connectivity index (χ2v) is 13.5. The fraction of sp³-hybridized carbons (Fsp3) is 0.342. The Kier molecular flexibility index (Phi) is 10.2. The molecule has 11 heteroatoms. The number of amides is 1. The summed E-state index contributed by atoms with van der Waals surface area (Å²) >= 11 is 14.2. The number of aryl methyl sites for hydroxylation is 1. The third-order valence-corrected chi connectivity index (χ3v) is 10.2. The van der Waals surface area contributed by atoms with E-state index in [4.69, 9.17) is 37.7 Å². The molecule has 5 aromatic rings. The predicted octanol–water partition coefficient (Wildman–Crippen LogP) is 6.92. The monoisotopic (exact) mass is 698 g/mol. The van der Waals surface area contributed by atoms with Crippen molar-refractivity contribution in [2.45, 2.75) is 50.9 Å². The molecule has 0 aliphatic carbocycles. The maximum atomic E-state index is 11.5. The van der Waals surface area contributed by atoms with E-state index in [0.717, 1.165) is 89.3 Å². The minimum absolute atomic E-state index is 0.113. The number of hydrogen-bond acceptors (Lipinski definition) is 7. The average molecular weight is 700 g/mol. The lowest BCUT2D eigenvalue weighted by atomic mass is 9.99. The third-order valence-electron chi connectivity index (χ3n) is 9.42. The van der Waals surface area contributed by atoms with Gasteiger partial charge in [0, 0.05) is 97.9 Å². The largest absolute Gasteiger partial charge is 0.496 e. The molecule has 49 heavy (non-hydrogen) atoms. The highest BCUT2D eigenvalue weighted by Crippen LogP contribution is 2.42. The predicted molar refractivity (Wildman–Crippen MR) is 195 cm³/mol. The van der Waals surface area contributed by atoms with Gasteiger partial charge < -0.3 is 30.0 Å². The van der Waals surface area contributed by atoms with Gasteiger partial charge in [-0.1, -0.05) is 53.5 Å². The van der Waals surface area contributed by atoms with E-state index in [2.05, 4.69) is 37.8 Å². The lowest BCUT2D eigenvalue weighted by Gasteiger charge is -2.16. The molecule has 5 heterocycles. The van der Waals surface area contributed by atoms with E-state index in [1.165, 1.54) is 5.56 Å². The molecule has 3 aromatic heterocycles. The van der Waals surface area contributed by atoms with Gasteiger partial charge in [-0.05, 0) is 49.1 Å². The van der Waals surface area contributed by atoms with Crippen LogP contribution in [0.1, 0.15) is 36.8 Å². The van der Waals surface area contributed by atoms with Gasteiger partial charge in [0.1, 0.15) is 11.4 Å². The first kappa shape index (κ1) is 33.5. The number of methoxy groups -OCH3 is 1. The van der Waals surface area contributed by atoms with Crippen LogP contribution in [0.5, 0.6) is 5.75 Å². The molecule has 0 unspecified atom stereocenters. The van der Waals surface area contributed by atoms with Crippen molar-refractivity contribution in [3.8, 4) is 39.4 Å². The Labute approximate surface area is 296 Å². The highest BCUT2D eigenvalue weighted by Gasteiger charge is 2.21. The van der Waals surface area contributed by atoms with E-state index < -0.39 is 0 Å². The molecule has 2 fully saturated rings. The first-order chi connectivity index (χ1) is 23.9. The number of halogens is 2. The molecule has 2 aliphatic rings. The molecular formula is C38H40Cl2N6O3. The number of rotatable bonds is 12. The second-order valence-electron chi connectivity index (χ2n) is 12.7. The highest BCUT2D eigenvalue weighted by atomic mass is 35.5. The Bertz CT molecular complexity index is 1990. The lowest BCUT2D eigenvalue weighted by molar-refractivity contribution is -0.119. The van der Waals surface area contributed by atoms with E-state index in [9.17, 15) is 4.79 Å². The number of benzene rings is 2. The van der Waals surface area contributed by atoms with E-state index in [0.29, 0.717) is 41.4 Å². The van der Waals surface area contributed by atoms with Crippen molar-refractivity contribution >= 4 is 40.1 Å². The van der Waals surface area contributed by atoms with Gasteiger partial charge >= 0.3 is 0 Å². The van der Waals surface area contributed by atoms with Crippen molar-refractivity contribution in [2.24, 2.45) is 7.05 Å². The smallest absolute Gasteiger partial charge is 0.220 e. The zero-order chi connectivity index (χ0) is 33.9. The van der Waals surface area contributed by atoms with Crippen LogP contribution in [-0.4, -0.2) is 59.4 Å². The Hall–Kier alpha value is -3.99. The highest BCUT2D eigenvalue weighted by molar-refractivity contribution is 6.39. The van der Waals surface area contributed by atoms with Crippen molar-refractivity contribution in [3.05, 3.63) is 88.2 Å². The van der Waals surface area contributed by atoms with Gasteiger partial charge in [-0.15, -0.1) is 0 Å². The van der Waals surface area contributed by atoms with Crippen molar-refractivity contribution in [1.29, 1.82) is 0 Å². The second kappa shape index (κ2) is 14.9. The van der Waals surface area contributed by atoms with Crippen LogP contribution < -0.4 is 20.7 Å². The molecule has 2 aliphatic heterocycles. The van der Waals surface area contributed by atoms with Crippen LogP contribution in [0, 0.1) is 0 Å². The van der Waals surface area contributed by atoms with Crippen molar-refractivity contribution < 1.29 is 14.3 Å². The van der Waals surface area contributed by atoms with Crippen LogP contribution in [0.15, 0.2) is 67.0 Å². The molecule has 2 saturated heterocycles. The first-order valence-corrected chi connectivity index (χ1v) is 17.5. The first-order valence-electron chi connectivity index (χ1n) is 16.8. The summed E-state index contributed by atoms with van der Waals surface area (Å²) in [6, 6.07) is 18.1. The van der Waals surface area contributed by atoms with Gasteiger partial charge in [0.15, 0.2) is 0 Å². The molecule has 0 saturated carbocycles. The molecule has 9 nitrogen and oxygen atoms in total. The lowest BCUT2D eigenvalue weighted by Crippen LogP contribution is -2.35. The van der Waals surface area contributed by atoms with Crippen molar-refractivity contribution in [3.63, 3.8) is 0 Å². The zero-order valence-corrected chi connectivity index (χ0v) is 29.2. The summed E-state index contributed by atoms with van der Waals surface area (Å²) in [6.07, 6.45) is 7.87. The Balaban J connectivity index is 1.12. The molecule has 0 bridgehead atoms. The minimum atomic E-state index is 0.113. The van der Waals surface area contributed by atoms with Crippen LogP contribution >= 0.6 is 23.2 Å². The number of carbonyl (C=O) groups is 1. The summed E-state index contributed by atoms with van der Waals surface area (Å²) in [5.41, 5.74) is 7.76. The molecule has 0 radical (unpaired) electrons. The molecule has 2 aromatic carbocycles. The number of nitrogens with zero attached hydrogens (tertiary/aromatic N) is 3. The Morgan fingerprint density at radius 3 is 2.59 bits per heavy atom. The number of hydrogen-bond donors (Lipinski definition) is 3. The maximum Gasteiger partial charge on any atom is 0.220 e. The fourth-order valence-corrected chi connectivity index (χ4v) is 7.48. The maximum absolute atomic E-state index is 11.5. The van der Waals surface area contributed by atoms with Gasteiger partial charge in [0.2, 0.25) is 5.91 Å². The molecule has 3 N–H and O–H groups in total. The number of ether oxygens (including phenoxy) is 2. The Morgan fingerprint density at radius 2 is 1.80 bits per heavy atom. The molecule has 2 atom stereocenters. The van der Waals surface area contributed by atoms with E-state index >= 15 is 0 Å². The average Bonchev–Trinajstić information content (AvgIpc) is 3.86. The van der Waals surface area contributed by atoms with Crippen LogP contribution in [0.2, 0.25) is 10.0 Å². The van der Waals surface area contributed by atoms with Crippen LogP contribution in [0.3, 0.4) is 0 Å². The number of pyridine rings is 2. The number of fused-ring (bicyclic) bond motifs is 1. The zero-order valence-electron chi connectivity index (χ0n) is 27.7.